The van der Waals surface area contributed by atoms with E-state index in [1.165, 1.54) is 0 Å². The van der Waals surface area contributed by atoms with E-state index in [0.29, 0.717) is 5.92 Å². The van der Waals surface area contributed by atoms with E-state index in [-0.39, 0.29) is 6.10 Å². The third kappa shape index (κ3) is 3.71. The molecule has 0 unspecified atom stereocenters. The number of aliphatic hydroxyl groups is 1. The lowest BCUT2D eigenvalue weighted by atomic mass is 9.97. The first kappa shape index (κ1) is 17.4. The van der Waals surface area contributed by atoms with Gasteiger partial charge in [-0.25, -0.2) is 0 Å². The molecule has 1 N–H and O–H groups in total. The van der Waals surface area contributed by atoms with Crippen LogP contribution >= 0.6 is 0 Å². The smallest absolute Gasteiger partial charge is 0.151 e. The first-order valence-electron chi connectivity index (χ1n) is 9.52. The molecule has 2 fully saturated rings. The van der Waals surface area contributed by atoms with Crippen LogP contribution in [-0.2, 0) is 13.6 Å². The van der Waals surface area contributed by atoms with Crippen molar-refractivity contribution < 1.29 is 5.11 Å². The molecule has 2 aromatic heterocycles. The second-order valence-electron chi connectivity index (χ2n) is 7.41. The Morgan fingerprint density at radius 1 is 1.12 bits per heavy atom. The van der Waals surface area contributed by atoms with Gasteiger partial charge in [-0.2, -0.15) is 5.10 Å². The van der Waals surface area contributed by atoms with Gasteiger partial charge in [-0.1, -0.05) is 0 Å². The number of rotatable bonds is 4. The van der Waals surface area contributed by atoms with Gasteiger partial charge in [-0.05, 0) is 37.8 Å². The van der Waals surface area contributed by atoms with E-state index in [9.17, 15) is 5.11 Å². The molecular formula is C18H27N7O. The molecule has 0 aromatic carbocycles. The summed E-state index contributed by atoms with van der Waals surface area (Å²) in [5.41, 5.74) is 0. The molecule has 0 spiro atoms. The van der Waals surface area contributed by atoms with Crippen LogP contribution in [0.15, 0.2) is 18.3 Å². The fraction of sp³-hybridized carbons (Fsp3) is 0.667. The molecule has 8 nitrogen and oxygen atoms in total. The van der Waals surface area contributed by atoms with Crippen molar-refractivity contribution in [3.05, 3.63) is 30.0 Å². The monoisotopic (exact) mass is 357 g/mol. The largest absolute Gasteiger partial charge is 0.393 e. The Hall–Kier alpha value is -2.06. The van der Waals surface area contributed by atoms with Crippen LogP contribution in [0.4, 0.5) is 5.82 Å². The maximum atomic E-state index is 9.67. The van der Waals surface area contributed by atoms with Gasteiger partial charge < -0.3 is 14.6 Å². The third-order valence-electron chi connectivity index (χ3n) is 5.59. The molecule has 0 aliphatic carbocycles. The average molecular weight is 357 g/mol. The molecule has 26 heavy (non-hydrogen) atoms. The van der Waals surface area contributed by atoms with Gasteiger partial charge in [-0.3, -0.25) is 4.90 Å². The van der Waals surface area contributed by atoms with Gasteiger partial charge >= 0.3 is 0 Å². The van der Waals surface area contributed by atoms with Gasteiger partial charge in [0.2, 0.25) is 0 Å². The van der Waals surface area contributed by atoms with Crippen molar-refractivity contribution in [2.24, 2.45) is 7.05 Å². The quantitative estimate of drug-likeness (QED) is 0.872. The summed E-state index contributed by atoms with van der Waals surface area (Å²) in [5.74, 6) is 3.37. The molecule has 0 radical (unpaired) electrons. The summed E-state index contributed by atoms with van der Waals surface area (Å²) >= 11 is 0. The van der Waals surface area contributed by atoms with Crippen LogP contribution in [0.3, 0.4) is 0 Å². The van der Waals surface area contributed by atoms with Crippen LogP contribution in [0.1, 0.15) is 43.3 Å². The molecule has 4 rings (SSSR count). The Labute approximate surface area is 153 Å². The summed E-state index contributed by atoms with van der Waals surface area (Å²) in [4.78, 5) is 4.65. The van der Waals surface area contributed by atoms with Crippen molar-refractivity contribution in [1.82, 2.24) is 29.9 Å². The number of aliphatic hydroxyl groups excluding tert-OH is 1. The molecule has 0 saturated carbocycles. The minimum absolute atomic E-state index is 0.143. The topological polar surface area (TPSA) is 83.2 Å². The lowest BCUT2D eigenvalue weighted by Gasteiger charge is -2.32. The Kier molecular flexibility index (Phi) is 5.12. The summed E-state index contributed by atoms with van der Waals surface area (Å²) in [7, 11) is 2.07. The first-order valence-corrected chi connectivity index (χ1v) is 9.52. The molecule has 2 aliphatic heterocycles. The molecule has 1 atom stereocenters. The highest BCUT2D eigenvalue weighted by molar-refractivity contribution is 5.37. The Balaban J connectivity index is 1.44. The zero-order valence-corrected chi connectivity index (χ0v) is 15.3. The molecule has 0 bridgehead atoms. The van der Waals surface area contributed by atoms with E-state index < -0.39 is 0 Å². The Morgan fingerprint density at radius 3 is 2.73 bits per heavy atom. The fourth-order valence-electron chi connectivity index (χ4n) is 4.00. The van der Waals surface area contributed by atoms with E-state index in [2.05, 4.69) is 41.8 Å². The molecule has 140 valence electrons. The first-order chi connectivity index (χ1) is 12.7. The second kappa shape index (κ2) is 7.67. The molecule has 8 heteroatoms. The fourth-order valence-corrected chi connectivity index (χ4v) is 4.00. The van der Waals surface area contributed by atoms with Crippen LogP contribution in [0.5, 0.6) is 0 Å². The highest BCUT2D eigenvalue weighted by Crippen LogP contribution is 2.28. The van der Waals surface area contributed by atoms with Gasteiger partial charge in [0.15, 0.2) is 5.82 Å². The van der Waals surface area contributed by atoms with E-state index >= 15 is 0 Å². The average Bonchev–Trinajstić information content (AvgIpc) is 3.05. The van der Waals surface area contributed by atoms with E-state index in [1.807, 2.05) is 12.1 Å². The standard InChI is InChI=1S/C18H27N7O/c1-23-17(13-24-10-6-15(26)7-11-24)21-22-18(23)14-4-3-9-25(12-14)16-5-2-8-19-20-16/h2,5,8,14-15,26H,3-4,6-7,9-13H2,1H3/t14-/m1/s1. The van der Waals surface area contributed by atoms with E-state index in [4.69, 9.17) is 0 Å². The number of nitrogens with zero attached hydrogens (tertiary/aromatic N) is 7. The number of anilines is 1. The molecule has 0 amide bonds. The maximum absolute atomic E-state index is 9.67. The zero-order chi connectivity index (χ0) is 17.9. The van der Waals surface area contributed by atoms with Gasteiger partial charge in [0.1, 0.15) is 11.6 Å². The summed E-state index contributed by atoms with van der Waals surface area (Å²) in [5, 5.41) is 26.9. The summed E-state index contributed by atoms with van der Waals surface area (Å²) in [6.45, 7) is 4.56. The number of hydrogen-bond acceptors (Lipinski definition) is 7. The molecular weight excluding hydrogens is 330 g/mol. The molecule has 2 aromatic rings. The van der Waals surface area contributed by atoms with Crippen molar-refractivity contribution in [1.29, 1.82) is 0 Å². The summed E-state index contributed by atoms with van der Waals surface area (Å²) in [6.07, 6.45) is 5.50. The minimum Gasteiger partial charge on any atom is -0.393 e. The van der Waals surface area contributed by atoms with Crippen LogP contribution in [-0.4, -0.2) is 67.3 Å². The Bertz CT molecular complexity index is 712. The summed E-state index contributed by atoms with van der Waals surface area (Å²) < 4.78 is 2.16. The number of likely N-dealkylation sites (tertiary alicyclic amines) is 1. The van der Waals surface area contributed by atoms with Gasteiger partial charge in [0.25, 0.3) is 0 Å². The molecule has 4 heterocycles. The number of hydrogen-bond donors (Lipinski definition) is 1. The maximum Gasteiger partial charge on any atom is 0.151 e. The van der Waals surface area contributed by atoms with Gasteiger partial charge in [-0.15, -0.1) is 15.3 Å². The van der Waals surface area contributed by atoms with E-state index in [0.717, 1.165) is 75.9 Å². The lowest BCUT2D eigenvalue weighted by Crippen LogP contribution is -2.36. The zero-order valence-electron chi connectivity index (χ0n) is 15.3. The predicted octanol–water partition coefficient (Wildman–Crippen LogP) is 0.946. The van der Waals surface area contributed by atoms with Gasteiger partial charge in [0, 0.05) is 45.3 Å². The number of piperidine rings is 2. The van der Waals surface area contributed by atoms with Crippen LogP contribution in [0.25, 0.3) is 0 Å². The second-order valence-corrected chi connectivity index (χ2v) is 7.41. The lowest BCUT2D eigenvalue weighted by molar-refractivity contribution is 0.0775. The van der Waals surface area contributed by atoms with Crippen molar-refractivity contribution in [2.45, 2.75) is 44.2 Å². The number of aromatic nitrogens is 5. The molecule has 2 aliphatic rings. The van der Waals surface area contributed by atoms with Crippen molar-refractivity contribution in [3.8, 4) is 0 Å². The molecule has 2 saturated heterocycles. The van der Waals surface area contributed by atoms with Crippen molar-refractivity contribution in [3.63, 3.8) is 0 Å². The van der Waals surface area contributed by atoms with Crippen molar-refractivity contribution >= 4 is 5.82 Å². The summed E-state index contributed by atoms with van der Waals surface area (Å²) in [6, 6.07) is 3.95. The van der Waals surface area contributed by atoms with Crippen LogP contribution in [0.2, 0.25) is 0 Å². The van der Waals surface area contributed by atoms with Gasteiger partial charge in [0.05, 0.1) is 12.6 Å². The highest BCUT2D eigenvalue weighted by Gasteiger charge is 2.27. The SMILES string of the molecule is Cn1c(CN2CCC(O)CC2)nnc1[C@@H]1CCCN(c2cccnn2)C1. The van der Waals surface area contributed by atoms with Crippen LogP contribution < -0.4 is 4.90 Å². The Morgan fingerprint density at radius 2 is 1.96 bits per heavy atom. The van der Waals surface area contributed by atoms with Crippen molar-refractivity contribution in [2.75, 3.05) is 31.1 Å². The normalized spacial score (nSPS) is 22.7. The van der Waals surface area contributed by atoms with Crippen LogP contribution in [0, 0.1) is 0 Å². The minimum atomic E-state index is -0.143. The highest BCUT2D eigenvalue weighted by atomic mass is 16.3. The third-order valence-corrected chi connectivity index (χ3v) is 5.59. The van der Waals surface area contributed by atoms with E-state index in [1.54, 1.807) is 6.20 Å². The predicted molar refractivity (Wildman–Crippen MR) is 97.7 cm³/mol.